The van der Waals surface area contributed by atoms with Crippen molar-refractivity contribution in [1.29, 1.82) is 0 Å². The van der Waals surface area contributed by atoms with Gasteiger partial charge in [-0.25, -0.2) is 4.98 Å². The lowest BCUT2D eigenvalue weighted by Gasteiger charge is -2.09. The molecule has 1 heterocycles. The predicted octanol–water partition coefficient (Wildman–Crippen LogP) is 2.70. The SMILES string of the molecule is O=c1c2ccc(Br)cc2ncn1CCOC(F)(F)F. The van der Waals surface area contributed by atoms with Crippen LogP contribution < -0.4 is 5.56 Å². The number of ether oxygens (including phenoxy) is 1. The van der Waals surface area contributed by atoms with Crippen molar-refractivity contribution < 1.29 is 17.9 Å². The third-order valence-corrected chi connectivity index (χ3v) is 2.88. The van der Waals surface area contributed by atoms with Gasteiger partial charge in [-0.3, -0.25) is 14.1 Å². The van der Waals surface area contributed by atoms with Crippen LogP contribution in [0.2, 0.25) is 0 Å². The summed E-state index contributed by atoms with van der Waals surface area (Å²) in [5.74, 6) is 0. The van der Waals surface area contributed by atoms with Crippen LogP contribution in [0.15, 0.2) is 33.8 Å². The van der Waals surface area contributed by atoms with E-state index in [9.17, 15) is 18.0 Å². The summed E-state index contributed by atoms with van der Waals surface area (Å²) in [7, 11) is 0. The number of nitrogens with zero attached hydrogens (tertiary/aromatic N) is 2. The molecule has 8 heteroatoms. The van der Waals surface area contributed by atoms with Crippen LogP contribution in [0.5, 0.6) is 0 Å². The number of rotatable bonds is 3. The van der Waals surface area contributed by atoms with E-state index in [1.54, 1.807) is 18.2 Å². The number of hydrogen-bond acceptors (Lipinski definition) is 3. The fourth-order valence-electron chi connectivity index (χ4n) is 1.55. The van der Waals surface area contributed by atoms with Gasteiger partial charge in [0.2, 0.25) is 0 Å². The Bertz CT molecular complexity index is 654. The zero-order chi connectivity index (χ0) is 14.0. The van der Waals surface area contributed by atoms with E-state index in [2.05, 4.69) is 25.7 Å². The fourth-order valence-corrected chi connectivity index (χ4v) is 1.90. The summed E-state index contributed by atoms with van der Waals surface area (Å²) in [5, 5.41) is 0.345. The van der Waals surface area contributed by atoms with Crippen LogP contribution in [0, 0.1) is 0 Å². The van der Waals surface area contributed by atoms with E-state index in [1.807, 2.05) is 0 Å². The van der Waals surface area contributed by atoms with Crippen molar-refractivity contribution in [3.05, 3.63) is 39.4 Å². The molecular weight excluding hydrogens is 329 g/mol. The van der Waals surface area contributed by atoms with Gasteiger partial charge in [-0.15, -0.1) is 13.2 Å². The van der Waals surface area contributed by atoms with E-state index < -0.39 is 18.5 Å². The first-order valence-corrected chi connectivity index (χ1v) is 6.01. The zero-order valence-corrected chi connectivity index (χ0v) is 11.0. The van der Waals surface area contributed by atoms with Gasteiger partial charge in [-0.1, -0.05) is 15.9 Å². The maximum Gasteiger partial charge on any atom is 0.522 e. The van der Waals surface area contributed by atoms with E-state index in [4.69, 9.17) is 0 Å². The average molecular weight is 337 g/mol. The minimum atomic E-state index is -4.70. The summed E-state index contributed by atoms with van der Waals surface area (Å²) in [6, 6.07) is 4.89. The summed E-state index contributed by atoms with van der Waals surface area (Å²) in [6.45, 7) is -0.843. The van der Waals surface area contributed by atoms with Crippen LogP contribution in [0.25, 0.3) is 10.9 Å². The van der Waals surface area contributed by atoms with Gasteiger partial charge in [0, 0.05) is 4.47 Å². The molecule has 0 spiro atoms. The first kappa shape index (κ1) is 14.0. The molecule has 0 atom stereocenters. The Labute approximate surface area is 113 Å². The molecule has 0 aliphatic carbocycles. The molecule has 0 unspecified atom stereocenters. The van der Waals surface area contributed by atoms with Crippen LogP contribution in [0.1, 0.15) is 0 Å². The smallest absolute Gasteiger partial charge is 0.296 e. The van der Waals surface area contributed by atoms with Gasteiger partial charge in [0.1, 0.15) is 0 Å². The third kappa shape index (κ3) is 3.54. The van der Waals surface area contributed by atoms with Gasteiger partial charge in [0.05, 0.1) is 30.4 Å². The second-order valence-electron chi connectivity index (χ2n) is 3.70. The number of alkyl halides is 3. The molecule has 102 valence electrons. The van der Waals surface area contributed by atoms with Crippen molar-refractivity contribution in [1.82, 2.24) is 9.55 Å². The Balaban J connectivity index is 2.23. The molecule has 2 aromatic rings. The number of hydrogen-bond donors (Lipinski definition) is 0. The second kappa shape index (κ2) is 5.30. The Morgan fingerprint density at radius 3 is 2.79 bits per heavy atom. The average Bonchev–Trinajstić information content (AvgIpc) is 2.30. The molecule has 0 amide bonds. The summed E-state index contributed by atoms with van der Waals surface area (Å²) >= 11 is 3.25. The predicted molar refractivity (Wildman–Crippen MR) is 65.7 cm³/mol. The van der Waals surface area contributed by atoms with Crippen molar-refractivity contribution in [3.8, 4) is 0 Å². The molecule has 0 radical (unpaired) electrons. The minimum absolute atomic E-state index is 0.211. The van der Waals surface area contributed by atoms with E-state index in [1.165, 1.54) is 6.33 Å². The van der Waals surface area contributed by atoms with E-state index in [0.29, 0.717) is 10.9 Å². The summed E-state index contributed by atoms with van der Waals surface area (Å²) < 4.78 is 41.0. The molecule has 0 bridgehead atoms. The first-order valence-electron chi connectivity index (χ1n) is 5.22. The highest BCUT2D eigenvalue weighted by Crippen LogP contribution is 2.16. The summed E-state index contributed by atoms with van der Waals surface area (Å²) in [6.07, 6.45) is -3.49. The van der Waals surface area contributed by atoms with Crippen molar-refractivity contribution in [2.24, 2.45) is 0 Å². The highest BCUT2D eigenvalue weighted by atomic mass is 79.9. The lowest BCUT2D eigenvalue weighted by molar-refractivity contribution is -0.325. The molecule has 2 rings (SSSR count). The highest BCUT2D eigenvalue weighted by molar-refractivity contribution is 9.10. The van der Waals surface area contributed by atoms with Crippen molar-refractivity contribution >= 4 is 26.8 Å². The molecule has 4 nitrogen and oxygen atoms in total. The molecular formula is C11H8BrF3N2O2. The van der Waals surface area contributed by atoms with Crippen molar-refractivity contribution in [2.45, 2.75) is 12.9 Å². The van der Waals surface area contributed by atoms with E-state index in [0.717, 1.165) is 9.04 Å². The minimum Gasteiger partial charge on any atom is -0.296 e. The normalized spacial score (nSPS) is 12.0. The second-order valence-corrected chi connectivity index (χ2v) is 4.61. The molecule has 0 fully saturated rings. The van der Waals surface area contributed by atoms with Gasteiger partial charge in [-0.2, -0.15) is 0 Å². The van der Waals surface area contributed by atoms with Crippen LogP contribution in [-0.4, -0.2) is 22.5 Å². The summed E-state index contributed by atoms with van der Waals surface area (Å²) in [4.78, 5) is 16.0. The lowest BCUT2D eigenvalue weighted by Crippen LogP contribution is -2.25. The first-order chi connectivity index (χ1) is 8.87. The monoisotopic (exact) mass is 336 g/mol. The van der Waals surface area contributed by atoms with Gasteiger partial charge in [0.15, 0.2) is 0 Å². The molecule has 0 N–H and O–H groups in total. The molecule has 0 aliphatic rings. The number of aromatic nitrogens is 2. The van der Waals surface area contributed by atoms with Gasteiger partial charge >= 0.3 is 6.36 Å². The zero-order valence-electron chi connectivity index (χ0n) is 9.45. The van der Waals surface area contributed by atoms with Crippen molar-refractivity contribution in [3.63, 3.8) is 0 Å². The molecule has 0 saturated heterocycles. The Hall–Kier alpha value is -1.41. The van der Waals surface area contributed by atoms with Gasteiger partial charge in [-0.05, 0) is 18.2 Å². The number of fused-ring (bicyclic) bond motifs is 1. The molecule has 1 aromatic carbocycles. The maximum atomic E-state index is 12.0. The Morgan fingerprint density at radius 2 is 2.11 bits per heavy atom. The van der Waals surface area contributed by atoms with Gasteiger partial charge in [0.25, 0.3) is 5.56 Å². The molecule has 0 saturated carbocycles. The van der Waals surface area contributed by atoms with Crippen molar-refractivity contribution in [2.75, 3.05) is 6.61 Å². The number of benzene rings is 1. The largest absolute Gasteiger partial charge is 0.522 e. The standard InChI is InChI=1S/C11H8BrF3N2O2/c12-7-1-2-8-9(5-7)16-6-17(10(8)18)3-4-19-11(13,14)15/h1-2,5-6H,3-4H2. The molecule has 0 aliphatic heterocycles. The Morgan fingerprint density at radius 1 is 1.37 bits per heavy atom. The Kier molecular flexibility index (Phi) is 3.91. The van der Waals surface area contributed by atoms with Crippen LogP contribution >= 0.6 is 15.9 Å². The fraction of sp³-hybridized carbons (Fsp3) is 0.273. The third-order valence-electron chi connectivity index (χ3n) is 2.39. The quantitative estimate of drug-likeness (QED) is 0.865. The van der Waals surface area contributed by atoms with Gasteiger partial charge < -0.3 is 0 Å². The molecule has 19 heavy (non-hydrogen) atoms. The highest BCUT2D eigenvalue weighted by Gasteiger charge is 2.28. The molecule has 1 aromatic heterocycles. The lowest BCUT2D eigenvalue weighted by atomic mass is 10.2. The van der Waals surface area contributed by atoms with E-state index in [-0.39, 0.29) is 6.54 Å². The van der Waals surface area contributed by atoms with Crippen LogP contribution in [0.3, 0.4) is 0 Å². The van der Waals surface area contributed by atoms with Crippen LogP contribution in [-0.2, 0) is 11.3 Å². The summed E-state index contributed by atoms with van der Waals surface area (Å²) in [5.41, 5.74) is 0.0793. The number of halogens is 4. The topological polar surface area (TPSA) is 44.1 Å². The van der Waals surface area contributed by atoms with Crippen LogP contribution in [0.4, 0.5) is 13.2 Å². The maximum absolute atomic E-state index is 12.0. The van der Waals surface area contributed by atoms with E-state index >= 15 is 0 Å².